The Labute approximate surface area is 131 Å². The van der Waals surface area contributed by atoms with Gasteiger partial charge in [-0.1, -0.05) is 19.9 Å². The van der Waals surface area contributed by atoms with Gasteiger partial charge in [-0.15, -0.1) is 11.3 Å². The van der Waals surface area contributed by atoms with Gasteiger partial charge in [-0.25, -0.2) is 0 Å². The summed E-state index contributed by atoms with van der Waals surface area (Å²) in [6, 6.07) is 8.35. The lowest BCUT2D eigenvalue weighted by molar-refractivity contribution is 0.569. The van der Waals surface area contributed by atoms with Crippen LogP contribution in [0.3, 0.4) is 0 Å². The van der Waals surface area contributed by atoms with Gasteiger partial charge < -0.3 is 10.6 Å². The van der Waals surface area contributed by atoms with E-state index in [1.54, 1.807) is 0 Å². The molecule has 0 amide bonds. The lowest BCUT2D eigenvalue weighted by Gasteiger charge is -2.14. The van der Waals surface area contributed by atoms with Crippen LogP contribution in [0, 0.1) is 0 Å². The molecule has 0 saturated carbocycles. The highest BCUT2D eigenvalue weighted by Gasteiger charge is 2.30. The van der Waals surface area contributed by atoms with Gasteiger partial charge in [0.1, 0.15) is 0 Å². The molecule has 21 heavy (non-hydrogen) atoms. The predicted octanol–water partition coefficient (Wildman–Crippen LogP) is 3.68. The molecular formula is C17H25N3S. The van der Waals surface area contributed by atoms with Crippen molar-refractivity contribution in [3.8, 4) is 0 Å². The Kier molecular flexibility index (Phi) is 5.76. The van der Waals surface area contributed by atoms with E-state index in [1.807, 2.05) is 30.6 Å². The van der Waals surface area contributed by atoms with Gasteiger partial charge in [-0.2, -0.15) is 0 Å². The molecule has 3 nitrogen and oxygen atoms in total. The number of hydrogen-bond acceptors (Lipinski definition) is 4. The summed E-state index contributed by atoms with van der Waals surface area (Å²) in [4.78, 5) is 5.85. The van der Waals surface area contributed by atoms with Crippen LogP contribution in [-0.2, 0) is 11.8 Å². The Morgan fingerprint density at radius 2 is 2.19 bits per heavy atom. The van der Waals surface area contributed by atoms with E-state index < -0.39 is 0 Å². The first kappa shape index (κ1) is 16.0. The molecular weight excluding hydrogens is 278 g/mol. The second-order valence-electron chi connectivity index (χ2n) is 5.92. The third kappa shape index (κ3) is 4.55. The van der Waals surface area contributed by atoms with Crippen LogP contribution in [0.2, 0.25) is 0 Å². The highest BCUT2D eigenvalue weighted by molar-refractivity contribution is 7.09. The van der Waals surface area contributed by atoms with E-state index in [0.717, 1.165) is 13.1 Å². The summed E-state index contributed by atoms with van der Waals surface area (Å²) in [5.41, 5.74) is 2.59. The maximum Gasteiger partial charge on any atom is 0.0708 e. The van der Waals surface area contributed by atoms with E-state index in [2.05, 4.69) is 53.0 Å². The molecule has 0 radical (unpaired) electrons. The number of pyridine rings is 1. The van der Waals surface area contributed by atoms with E-state index in [1.165, 1.54) is 29.1 Å². The quantitative estimate of drug-likeness (QED) is 0.846. The standard InChI is InChI=1S/C9H12N2.C8H13NS/c1-9(2)6-11-7-4-3-5-10-8(7)9;1-9-6-2-4-8-5-3-7-10-8/h3-5,11H,6H2,1-2H3;3,5,7,9H,2,4,6H2,1H3. The number of anilines is 1. The van der Waals surface area contributed by atoms with E-state index in [9.17, 15) is 0 Å². The number of hydrogen-bond donors (Lipinski definition) is 2. The number of thiophene rings is 1. The zero-order chi connectivity index (χ0) is 15.1. The van der Waals surface area contributed by atoms with Gasteiger partial charge in [0, 0.05) is 23.0 Å². The zero-order valence-electron chi connectivity index (χ0n) is 13.1. The first-order chi connectivity index (χ1) is 10.1. The van der Waals surface area contributed by atoms with Crippen molar-refractivity contribution in [3.05, 3.63) is 46.4 Å². The van der Waals surface area contributed by atoms with Crippen molar-refractivity contribution in [1.29, 1.82) is 0 Å². The molecule has 0 saturated heterocycles. The predicted molar refractivity (Wildman–Crippen MR) is 92.3 cm³/mol. The molecule has 0 atom stereocenters. The van der Waals surface area contributed by atoms with Crippen molar-refractivity contribution in [2.45, 2.75) is 32.1 Å². The van der Waals surface area contributed by atoms with Crippen LogP contribution < -0.4 is 10.6 Å². The number of fused-ring (bicyclic) bond motifs is 1. The van der Waals surface area contributed by atoms with Crippen LogP contribution in [0.15, 0.2) is 35.8 Å². The van der Waals surface area contributed by atoms with E-state index in [4.69, 9.17) is 0 Å². The molecule has 0 fully saturated rings. The minimum atomic E-state index is 0.205. The molecule has 0 bridgehead atoms. The lowest BCUT2D eigenvalue weighted by Crippen LogP contribution is -2.19. The van der Waals surface area contributed by atoms with E-state index >= 15 is 0 Å². The van der Waals surface area contributed by atoms with Gasteiger partial charge in [0.25, 0.3) is 0 Å². The van der Waals surface area contributed by atoms with Crippen molar-refractivity contribution in [3.63, 3.8) is 0 Å². The highest BCUT2D eigenvalue weighted by atomic mass is 32.1. The zero-order valence-corrected chi connectivity index (χ0v) is 14.0. The maximum atomic E-state index is 4.35. The third-order valence-corrected chi connectivity index (χ3v) is 4.54. The molecule has 4 heteroatoms. The Balaban J connectivity index is 0.000000155. The molecule has 3 heterocycles. The molecule has 0 spiro atoms. The summed E-state index contributed by atoms with van der Waals surface area (Å²) in [7, 11) is 1.99. The Morgan fingerprint density at radius 3 is 2.86 bits per heavy atom. The molecule has 3 rings (SSSR count). The minimum absolute atomic E-state index is 0.205. The van der Waals surface area contributed by atoms with Crippen LogP contribution in [0.4, 0.5) is 5.69 Å². The first-order valence-corrected chi connectivity index (χ1v) is 8.38. The molecule has 2 aromatic rings. The van der Waals surface area contributed by atoms with Crippen molar-refractivity contribution >= 4 is 17.0 Å². The molecule has 0 aliphatic carbocycles. The topological polar surface area (TPSA) is 37.0 Å². The lowest BCUT2D eigenvalue weighted by atomic mass is 9.91. The number of aromatic nitrogens is 1. The van der Waals surface area contributed by atoms with Crippen LogP contribution in [0.25, 0.3) is 0 Å². The monoisotopic (exact) mass is 303 g/mol. The molecule has 1 aliphatic rings. The SMILES string of the molecule is CC1(C)CNc2cccnc21.CNCCCc1cccs1. The molecule has 2 N–H and O–H groups in total. The number of nitrogens with zero attached hydrogens (tertiary/aromatic N) is 1. The van der Waals surface area contributed by atoms with Crippen molar-refractivity contribution in [1.82, 2.24) is 10.3 Å². The van der Waals surface area contributed by atoms with Gasteiger partial charge in [-0.05, 0) is 50.0 Å². The Bertz CT molecular complexity index is 535. The second kappa shape index (κ2) is 7.57. The summed E-state index contributed by atoms with van der Waals surface area (Å²) >= 11 is 1.85. The summed E-state index contributed by atoms with van der Waals surface area (Å²) < 4.78 is 0. The normalized spacial score (nSPS) is 14.8. The van der Waals surface area contributed by atoms with Crippen LogP contribution >= 0.6 is 11.3 Å². The molecule has 0 aromatic carbocycles. The van der Waals surface area contributed by atoms with Gasteiger partial charge in [0.05, 0.1) is 11.4 Å². The summed E-state index contributed by atoms with van der Waals surface area (Å²) in [5.74, 6) is 0. The largest absolute Gasteiger partial charge is 0.383 e. The summed E-state index contributed by atoms with van der Waals surface area (Å²) in [6.45, 7) is 6.54. The number of aryl methyl sites for hydroxylation is 1. The van der Waals surface area contributed by atoms with Gasteiger partial charge in [0.15, 0.2) is 0 Å². The van der Waals surface area contributed by atoms with Gasteiger partial charge in [-0.3, -0.25) is 4.98 Å². The average molecular weight is 303 g/mol. The van der Waals surface area contributed by atoms with Crippen LogP contribution in [0.1, 0.15) is 30.8 Å². The van der Waals surface area contributed by atoms with Crippen molar-refractivity contribution in [2.75, 3.05) is 25.5 Å². The molecule has 1 aliphatic heterocycles. The average Bonchev–Trinajstić information content (AvgIpc) is 3.09. The van der Waals surface area contributed by atoms with Crippen LogP contribution in [0.5, 0.6) is 0 Å². The fraction of sp³-hybridized carbons (Fsp3) is 0.471. The number of rotatable bonds is 4. The highest BCUT2D eigenvalue weighted by Crippen LogP contribution is 2.33. The fourth-order valence-corrected chi connectivity index (χ4v) is 3.13. The van der Waals surface area contributed by atoms with Crippen molar-refractivity contribution in [2.24, 2.45) is 0 Å². The summed E-state index contributed by atoms with van der Waals surface area (Å²) in [5, 5.41) is 8.60. The van der Waals surface area contributed by atoms with Gasteiger partial charge >= 0.3 is 0 Å². The number of nitrogens with one attached hydrogen (secondary N) is 2. The Morgan fingerprint density at radius 1 is 1.33 bits per heavy atom. The third-order valence-electron chi connectivity index (χ3n) is 3.60. The molecule has 0 unspecified atom stereocenters. The second-order valence-corrected chi connectivity index (χ2v) is 6.96. The first-order valence-electron chi connectivity index (χ1n) is 7.50. The summed E-state index contributed by atoms with van der Waals surface area (Å²) in [6.07, 6.45) is 4.32. The Hall–Kier alpha value is -1.39. The fourth-order valence-electron chi connectivity index (χ4n) is 2.38. The van der Waals surface area contributed by atoms with Crippen LogP contribution in [-0.4, -0.2) is 25.1 Å². The minimum Gasteiger partial charge on any atom is -0.383 e. The molecule has 114 valence electrons. The van der Waals surface area contributed by atoms with E-state index in [-0.39, 0.29) is 5.41 Å². The van der Waals surface area contributed by atoms with E-state index in [0.29, 0.717) is 0 Å². The van der Waals surface area contributed by atoms with Gasteiger partial charge in [0.2, 0.25) is 0 Å². The van der Waals surface area contributed by atoms with Crippen molar-refractivity contribution < 1.29 is 0 Å². The maximum absolute atomic E-state index is 4.35. The smallest absolute Gasteiger partial charge is 0.0708 e. The molecule has 2 aromatic heterocycles.